The number of nitrogens with zero attached hydrogens (tertiary/aromatic N) is 2. The lowest BCUT2D eigenvalue weighted by Crippen LogP contribution is -2.14. The second-order valence-corrected chi connectivity index (χ2v) is 12.1. The van der Waals surface area contributed by atoms with Gasteiger partial charge in [-0.15, -0.1) is 0 Å². The van der Waals surface area contributed by atoms with E-state index in [4.69, 9.17) is 0 Å². The van der Waals surface area contributed by atoms with E-state index in [2.05, 4.69) is 192 Å². The third kappa shape index (κ3) is 5.28. The highest BCUT2D eigenvalue weighted by Crippen LogP contribution is 2.52. The van der Waals surface area contributed by atoms with Crippen molar-refractivity contribution in [2.45, 2.75) is 9.79 Å². The fraction of sp³-hybridized carbons (Fsp3) is 0. The van der Waals surface area contributed by atoms with E-state index in [9.17, 15) is 0 Å². The van der Waals surface area contributed by atoms with Crippen LogP contribution in [-0.2, 0) is 0 Å². The van der Waals surface area contributed by atoms with Gasteiger partial charge in [0.2, 0.25) is 0 Å². The maximum atomic E-state index is 2.37. The molecule has 0 amide bonds. The van der Waals surface area contributed by atoms with Crippen molar-refractivity contribution in [2.24, 2.45) is 0 Å². The van der Waals surface area contributed by atoms with E-state index in [0.717, 1.165) is 17.1 Å². The molecule has 45 heavy (non-hydrogen) atoms. The normalized spacial score (nSPS) is 11.9. The third-order valence-corrected chi connectivity index (χ3v) is 9.36. The van der Waals surface area contributed by atoms with Gasteiger partial charge in [-0.25, -0.2) is 0 Å². The first-order chi connectivity index (χ1) is 22.3. The van der Waals surface area contributed by atoms with Crippen molar-refractivity contribution in [3.63, 3.8) is 0 Å². The lowest BCUT2D eigenvalue weighted by molar-refractivity contribution is 1.17. The highest BCUT2D eigenvalue weighted by atomic mass is 32.2. The first-order valence-corrected chi connectivity index (χ1v) is 16.0. The molecule has 1 aliphatic heterocycles. The van der Waals surface area contributed by atoms with Gasteiger partial charge in [0, 0.05) is 32.5 Å². The van der Waals surface area contributed by atoms with Crippen LogP contribution in [0.5, 0.6) is 0 Å². The molecule has 7 aromatic rings. The molecule has 7 aromatic carbocycles. The lowest BCUT2D eigenvalue weighted by Gasteiger charge is -2.33. The molecule has 0 bridgehead atoms. The molecule has 0 unspecified atom stereocenters. The predicted molar refractivity (Wildman–Crippen MR) is 191 cm³/mol. The Balaban J connectivity index is 1.13. The highest BCUT2D eigenvalue weighted by molar-refractivity contribution is 7.99. The summed E-state index contributed by atoms with van der Waals surface area (Å²) in [6.07, 6.45) is 0. The van der Waals surface area contributed by atoms with Gasteiger partial charge in [0.25, 0.3) is 0 Å². The number of para-hydroxylation sites is 3. The summed E-state index contributed by atoms with van der Waals surface area (Å²) in [4.78, 5) is 7.20. The van der Waals surface area contributed by atoms with Gasteiger partial charge in [0.15, 0.2) is 0 Å². The Hall–Kier alpha value is -5.51. The molecule has 3 heteroatoms. The van der Waals surface area contributed by atoms with Crippen molar-refractivity contribution in [3.05, 3.63) is 182 Å². The molecule has 214 valence electrons. The molecule has 0 atom stereocenters. The lowest BCUT2D eigenvalue weighted by atomic mass is 10.0. The van der Waals surface area contributed by atoms with Gasteiger partial charge in [-0.3, -0.25) is 0 Å². The zero-order valence-electron chi connectivity index (χ0n) is 24.6. The van der Waals surface area contributed by atoms with Crippen LogP contribution in [0, 0.1) is 0 Å². The summed E-state index contributed by atoms with van der Waals surface area (Å²) in [7, 11) is 0. The maximum Gasteiger partial charge on any atom is 0.0602 e. The Morgan fingerprint density at radius 3 is 1.49 bits per heavy atom. The molecule has 1 aliphatic rings. The van der Waals surface area contributed by atoms with Crippen molar-refractivity contribution in [3.8, 4) is 22.3 Å². The number of hydrogen-bond donors (Lipinski definition) is 0. The number of rotatable bonds is 6. The van der Waals surface area contributed by atoms with Crippen molar-refractivity contribution in [2.75, 3.05) is 9.80 Å². The van der Waals surface area contributed by atoms with E-state index in [-0.39, 0.29) is 0 Å². The molecule has 0 saturated carbocycles. The fourth-order valence-electron chi connectivity index (χ4n) is 6.05. The van der Waals surface area contributed by atoms with Crippen LogP contribution in [0.3, 0.4) is 0 Å². The standard InChI is InChI=1S/C42H30N2S/c1-4-12-31(13-5-1)32-20-25-37(26-21-32)43(35-14-6-2-7-15-35)38-27-22-33(23-28-38)34-24-29-40-42(30-34)45-41-19-11-10-18-39(41)44(40)36-16-8-3-9-17-36/h1-30H. The number of fused-ring (bicyclic) bond motifs is 2. The number of benzene rings is 7. The number of hydrogen-bond acceptors (Lipinski definition) is 3. The summed E-state index contributed by atoms with van der Waals surface area (Å²) in [5.41, 5.74) is 11.8. The molecule has 0 aliphatic carbocycles. The number of anilines is 6. The van der Waals surface area contributed by atoms with Crippen LogP contribution in [0.15, 0.2) is 192 Å². The summed E-state index contributed by atoms with van der Waals surface area (Å²) in [6.45, 7) is 0. The van der Waals surface area contributed by atoms with Gasteiger partial charge in [-0.05, 0) is 95.1 Å². The maximum absolute atomic E-state index is 2.37. The predicted octanol–water partition coefficient (Wildman–Crippen LogP) is 12.4. The van der Waals surface area contributed by atoms with Gasteiger partial charge < -0.3 is 9.80 Å². The van der Waals surface area contributed by atoms with Gasteiger partial charge in [-0.2, -0.15) is 0 Å². The Bertz CT molecular complexity index is 2060. The van der Waals surface area contributed by atoms with Crippen molar-refractivity contribution in [1.29, 1.82) is 0 Å². The zero-order valence-corrected chi connectivity index (χ0v) is 25.4. The largest absolute Gasteiger partial charge is 0.311 e. The van der Waals surface area contributed by atoms with Gasteiger partial charge in [0.05, 0.1) is 11.4 Å². The first-order valence-electron chi connectivity index (χ1n) is 15.2. The van der Waals surface area contributed by atoms with Crippen LogP contribution in [0.2, 0.25) is 0 Å². The topological polar surface area (TPSA) is 6.48 Å². The van der Waals surface area contributed by atoms with E-state index in [1.54, 1.807) is 0 Å². The van der Waals surface area contributed by atoms with Crippen LogP contribution >= 0.6 is 11.8 Å². The van der Waals surface area contributed by atoms with Crippen LogP contribution in [0.25, 0.3) is 22.3 Å². The molecule has 2 nitrogen and oxygen atoms in total. The molecule has 0 fully saturated rings. The SMILES string of the molecule is c1ccc(-c2ccc(N(c3ccccc3)c3ccc(-c4ccc5c(c4)Sc4ccccc4N5c4ccccc4)cc3)cc2)cc1. The van der Waals surface area contributed by atoms with Gasteiger partial charge >= 0.3 is 0 Å². The van der Waals surface area contributed by atoms with Gasteiger partial charge in [0.1, 0.15) is 0 Å². The second kappa shape index (κ2) is 11.9. The van der Waals surface area contributed by atoms with E-state index < -0.39 is 0 Å². The summed E-state index contributed by atoms with van der Waals surface area (Å²) in [5, 5.41) is 0. The van der Waals surface area contributed by atoms with Crippen molar-refractivity contribution in [1.82, 2.24) is 0 Å². The molecule has 0 radical (unpaired) electrons. The zero-order chi connectivity index (χ0) is 30.0. The van der Waals surface area contributed by atoms with E-state index >= 15 is 0 Å². The summed E-state index contributed by atoms with van der Waals surface area (Å²) in [5.74, 6) is 0. The summed E-state index contributed by atoms with van der Waals surface area (Å²) in [6, 6.07) is 65.0. The smallest absolute Gasteiger partial charge is 0.0602 e. The molecule has 0 saturated heterocycles. The quantitative estimate of drug-likeness (QED) is 0.189. The Labute approximate surface area is 268 Å². The van der Waals surface area contributed by atoms with E-state index in [1.807, 2.05) is 11.8 Å². The molecule has 0 aromatic heterocycles. The molecule has 0 N–H and O–H groups in total. The van der Waals surface area contributed by atoms with Crippen LogP contribution < -0.4 is 9.80 Å². The Morgan fingerprint density at radius 2 is 0.822 bits per heavy atom. The van der Waals surface area contributed by atoms with E-state index in [1.165, 1.54) is 49.1 Å². The minimum absolute atomic E-state index is 1.12. The summed E-state index contributed by atoms with van der Waals surface area (Å²) >= 11 is 1.84. The molecule has 1 heterocycles. The highest BCUT2D eigenvalue weighted by Gasteiger charge is 2.25. The van der Waals surface area contributed by atoms with Crippen molar-refractivity contribution < 1.29 is 0 Å². The van der Waals surface area contributed by atoms with Crippen molar-refractivity contribution >= 4 is 45.9 Å². The van der Waals surface area contributed by atoms with Crippen LogP contribution in [-0.4, -0.2) is 0 Å². The minimum Gasteiger partial charge on any atom is -0.311 e. The Morgan fingerprint density at radius 1 is 0.356 bits per heavy atom. The van der Waals surface area contributed by atoms with Gasteiger partial charge in [-0.1, -0.05) is 121 Å². The average molecular weight is 595 g/mol. The second-order valence-electron chi connectivity index (χ2n) is 11.1. The molecule has 8 rings (SSSR count). The van der Waals surface area contributed by atoms with Crippen LogP contribution in [0.1, 0.15) is 0 Å². The molecular weight excluding hydrogens is 565 g/mol. The molecule has 0 spiro atoms. The Kier molecular flexibility index (Phi) is 7.14. The molecular formula is C42H30N2S. The van der Waals surface area contributed by atoms with E-state index in [0.29, 0.717) is 0 Å². The third-order valence-electron chi connectivity index (χ3n) is 8.25. The monoisotopic (exact) mass is 594 g/mol. The minimum atomic E-state index is 1.12. The summed E-state index contributed by atoms with van der Waals surface area (Å²) < 4.78 is 0. The first kappa shape index (κ1) is 27.1. The average Bonchev–Trinajstić information content (AvgIpc) is 3.12. The fourth-order valence-corrected chi connectivity index (χ4v) is 7.15. The van der Waals surface area contributed by atoms with Crippen LogP contribution in [0.4, 0.5) is 34.1 Å².